The Kier molecular flexibility index (Phi) is 14.3. The number of amides is 1. The Morgan fingerprint density at radius 1 is 1.06 bits per heavy atom. The summed E-state index contributed by atoms with van der Waals surface area (Å²) in [5, 5.41) is 37.9. The van der Waals surface area contributed by atoms with Crippen molar-refractivity contribution in [2.24, 2.45) is 0 Å². The summed E-state index contributed by atoms with van der Waals surface area (Å²) in [6, 6.07) is 13.0. The van der Waals surface area contributed by atoms with Gasteiger partial charge in [0.05, 0.1) is 34.7 Å². The maximum atomic E-state index is 14.0. The molecule has 18 heteroatoms. The number of carbonyl (C=O) groups is 3. The zero-order valence-electron chi connectivity index (χ0n) is 27.2. The molecule has 0 spiro atoms. The second kappa shape index (κ2) is 18.6. The lowest BCUT2D eigenvalue weighted by Gasteiger charge is -2.31. The highest BCUT2D eigenvalue weighted by atomic mass is 19.4. The summed E-state index contributed by atoms with van der Waals surface area (Å²) >= 11 is 0. The van der Waals surface area contributed by atoms with Gasteiger partial charge in [-0.3, -0.25) is 10.1 Å². The van der Waals surface area contributed by atoms with Crippen LogP contribution in [-0.2, 0) is 23.8 Å². The lowest BCUT2D eigenvalue weighted by Crippen LogP contribution is -2.38. The van der Waals surface area contributed by atoms with Gasteiger partial charge < -0.3 is 40.0 Å². The lowest BCUT2D eigenvalue weighted by atomic mass is 9.80. The molecule has 3 rings (SSSR count). The number of dihydropyridines is 1. The van der Waals surface area contributed by atoms with Gasteiger partial charge in [-0.05, 0) is 24.6 Å². The third-order valence-corrected chi connectivity index (χ3v) is 6.95. The Balaban J connectivity index is 1.51. The van der Waals surface area contributed by atoms with Crippen LogP contribution in [0.5, 0.6) is 5.75 Å². The minimum Gasteiger partial charge on any atom is -0.489 e. The predicted octanol–water partition coefficient (Wildman–Crippen LogP) is 2.72. The number of alkyl halides is 3. The molecule has 0 fully saturated rings. The maximum absolute atomic E-state index is 14.0. The second-order valence-electron chi connectivity index (χ2n) is 10.4. The molecule has 51 heavy (non-hydrogen) atoms. The number of nitrogens with zero attached hydrogens (tertiary/aromatic N) is 2. The summed E-state index contributed by atoms with van der Waals surface area (Å²) in [5.41, 5.74) is -3.63. The van der Waals surface area contributed by atoms with Crippen LogP contribution in [0.2, 0.25) is 0 Å². The van der Waals surface area contributed by atoms with Gasteiger partial charge in [0.2, 0.25) is 0 Å². The first kappa shape index (κ1) is 39.3. The molecule has 270 valence electrons. The van der Waals surface area contributed by atoms with Gasteiger partial charge >= 0.3 is 24.2 Å². The number of hydrogen-bond acceptors (Lipinski definition) is 13. The number of nitrogens with one attached hydrogen (secondary N) is 3. The van der Waals surface area contributed by atoms with Crippen molar-refractivity contribution in [1.29, 1.82) is 5.26 Å². The van der Waals surface area contributed by atoms with E-state index in [2.05, 4.69) is 27.2 Å². The van der Waals surface area contributed by atoms with Gasteiger partial charge in [-0.2, -0.15) is 18.4 Å². The van der Waals surface area contributed by atoms with Crippen molar-refractivity contribution in [3.05, 3.63) is 92.3 Å². The lowest BCUT2D eigenvalue weighted by molar-refractivity contribution is -0.384. The molecule has 15 nitrogen and oxygen atoms in total. The fourth-order valence-electron chi connectivity index (χ4n) is 4.69. The number of rotatable bonds is 14. The van der Waals surface area contributed by atoms with Crippen molar-refractivity contribution < 1.29 is 56.5 Å². The first-order chi connectivity index (χ1) is 24.3. The molecule has 1 aliphatic rings. The van der Waals surface area contributed by atoms with E-state index in [9.17, 15) is 42.8 Å². The second-order valence-corrected chi connectivity index (χ2v) is 10.4. The molecule has 1 heterocycles. The molecular formula is C33H32F3N5O10. The number of halogens is 3. The number of non-ortho nitro benzene ring substituents is 1. The average Bonchev–Trinajstić information content (AvgIpc) is 3.10. The number of para-hydroxylation sites is 1. The molecule has 0 radical (unpaired) electrons. The third kappa shape index (κ3) is 11.2. The highest BCUT2D eigenvalue weighted by Gasteiger charge is 2.47. The average molecular weight is 716 g/mol. The van der Waals surface area contributed by atoms with Crippen molar-refractivity contribution >= 4 is 23.7 Å². The first-order valence-corrected chi connectivity index (χ1v) is 14.9. The van der Waals surface area contributed by atoms with Crippen LogP contribution in [-0.4, -0.2) is 86.9 Å². The molecule has 0 saturated carbocycles. The van der Waals surface area contributed by atoms with E-state index in [1.807, 2.05) is 11.4 Å². The summed E-state index contributed by atoms with van der Waals surface area (Å²) in [5.74, 6) is 0.824. The zero-order chi connectivity index (χ0) is 37.6. The number of ether oxygens (including phenoxy) is 4. The van der Waals surface area contributed by atoms with Gasteiger partial charge in [-0.25, -0.2) is 14.4 Å². The van der Waals surface area contributed by atoms with Gasteiger partial charge in [-0.15, -0.1) is 0 Å². The number of allylic oxidation sites excluding steroid dienone is 2. The molecule has 0 aliphatic carbocycles. The fraction of sp³-hybridized carbons (Fsp3) is 0.333. The van der Waals surface area contributed by atoms with Crippen LogP contribution in [0.15, 0.2) is 71.1 Å². The summed E-state index contributed by atoms with van der Waals surface area (Å²) in [6.07, 6.45) is -6.81. The summed E-state index contributed by atoms with van der Waals surface area (Å²) < 4.78 is 62.2. The van der Waals surface area contributed by atoms with Crippen LogP contribution >= 0.6 is 0 Å². The molecule has 0 saturated heterocycles. The highest BCUT2D eigenvalue weighted by molar-refractivity contribution is 6.00. The Morgan fingerprint density at radius 3 is 2.43 bits per heavy atom. The smallest absolute Gasteiger partial charge is 0.431 e. The van der Waals surface area contributed by atoms with Crippen LogP contribution in [0.4, 0.5) is 23.7 Å². The molecule has 1 aliphatic heterocycles. The Labute approximate surface area is 289 Å². The van der Waals surface area contributed by atoms with E-state index in [4.69, 9.17) is 19.5 Å². The van der Waals surface area contributed by atoms with E-state index in [0.29, 0.717) is 11.3 Å². The number of benzene rings is 2. The zero-order valence-corrected chi connectivity index (χ0v) is 27.2. The quantitative estimate of drug-likeness (QED) is 0.0554. The topological polar surface area (TPSA) is 211 Å². The van der Waals surface area contributed by atoms with Crippen molar-refractivity contribution in [3.63, 3.8) is 0 Å². The Hall–Kier alpha value is -6.11. The molecule has 0 bridgehead atoms. The number of nitriles is 1. The summed E-state index contributed by atoms with van der Waals surface area (Å²) in [6.45, 7) is 0.597. The summed E-state index contributed by atoms with van der Waals surface area (Å²) in [4.78, 5) is 48.4. The molecule has 4 N–H and O–H groups in total. The van der Waals surface area contributed by atoms with Gasteiger partial charge in [0.25, 0.3) is 5.69 Å². The van der Waals surface area contributed by atoms with E-state index in [-0.39, 0.29) is 37.5 Å². The fourth-order valence-corrected chi connectivity index (χ4v) is 4.69. The first-order valence-electron chi connectivity index (χ1n) is 14.9. The summed E-state index contributed by atoms with van der Waals surface area (Å²) in [7, 11) is 0.843. The van der Waals surface area contributed by atoms with Crippen molar-refractivity contribution in [2.45, 2.75) is 25.1 Å². The van der Waals surface area contributed by atoms with Gasteiger partial charge in [-0.1, -0.05) is 36.1 Å². The molecule has 2 aromatic carbocycles. The number of hydrogen-bond donors (Lipinski definition) is 4. The van der Waals surface area contributed by atoms with E-state index >= 15 is 0 Å². The molecule has 2 aromatic rings. The molecule has 2 unspecified atom stereocenters. The van der Waals surface area contributed by atoms with E-state index < -0.39 is 76.9 Å². The predicted molar refractivity (Wildman–Crippen MR) is 170 cm³/mol. The van der Waals surface area contributed by atoms with Gasteiger partial charge in [0, 0.05) is 37.5 Å². The Morgan fingerprint density at radius 2 is 1.76 bits per heavy atom. The maximum Gasteiger partial charge on any atom is 0.431 e. The minimum absolute atomic E-state index is 0.0633. The number of methoxy groups -OCH3 is 1. The molecule has 2 atom stereocenters. The normalized spacial score (nSPS) is 14.6. The van der Waals surface area contributed by atoms with Crippen molar-refractivity contribution in [2.75, 3.05) is 46.6 Å². The van der Waals surface area contributed by atoms with Crippen LogP contribution in [0.3, 0.4) is 0 Å². The van der Waals surface area contributed by atoms with Crippen LogP contribution in [0.25, 0.3) is 0 Å². The number of aliphatic hydroxyl groups excluding tert-OH is 1. The van der Waals surface area contributed by atoms with Crippen molar-refractivity contribution in [3.8, 4) is 23.7 Å². The molecule has 0 aromatic heterocycles. The Bertz CT molecular complexity index is 1790. The molecular weight excluding hydrogens is 683 g/mol. The monoisotopic (exact) mass is 715 g/mol. The van der Waals surface area contributed by atoms with Crippen LogP contribution < -0.4 is 20.7 Å². The van der Waals surface area contributed by atoms with E-state index in [1.54, 1.807) is 24.3 Å². The van der Waals surface area contributed by atoms with Gasteiger partial charge in [0.1, 0.15) is 30.2 Å². The number of nitro benzene ring substituents is 1. The third-order valence-electron chi connectivity index (χ3n) is 6.95. The minimum atomic E-state index is -5.10. The van der Waals surface area contributed by atoms with Crippen LogP contribution in [0.1, 0.15) is 24.0 Å². The number of alkyl carbamates (subject to hydrolysis) is 1. The van der Waals surface area contributed by atoms with Crippen LogP contribution in [0, 0.1) is 33.3 Å². The van der Waals surface area contributed by atoms with Gasteiger partial charge in [0.15, 0.2) is 13.2 Å². The highest BCUT2D eigenvalue weighted by Crippen LogP contribution is 2.43. The number of esters is 2. The molecule has 1 amide bonds. The standard InChI is InChI=1S/C33H32F3N5O10/c1-20-26(27(21-9-7-10-23(16-21)41(46)47)28(30(43)48-2)29(40-20)33(34,35)36)31(44)49-14-5-6-15-50-32(45)39-13-12-38-18-24(42)19-51-25-11-4-3-8-22(25)17-37/h3-4,7-11,16,24,27,38,40,42H,12-15,18-19H2,1-2H3,(H,39,45). The van der Waals surface area contributed by atoms with E-state index in [1.165, 1.54) is 12.1 Å². The number of carbonyl (C=O) groups excluding carboxylic acids is 3. The van der Waals surface area contributed by atoms with Crippen molar-refractivity contribution in [1.82, 2.24) is 16.0 Å². The SMILES string of the molecule is COC(=O)C1=C(C(F)(F)F)NC(C)=C(C(=O)OCC#CCOC(=O)NCCNCC(O)COc2ccccc2C#N)C1c1cccc([N+](=O)[O-])c1. The van der Waals surface area contributed by atoms with E-state index in [0.717, 1.165) is 26.2 Å². The number of nitro groups is 1. The largest absolute Gasteiger partial charge is 0.489 e. The number of aliphatic hydroxyl groups is 1.